The number of para-hydroxylation sites is 1. The molecule has 23 heavy (non-hydrogen) atoms. The first kappa shape index (κ1) is 15.2. The van der Waals surface area contributed by atoms with Crippen molar-refractivity contribution >= 4 is 27.6 Å². The van der Waals surface area contributed by atoms with Gasteiger partial charge < -0.3 is 10.6 Å². The molecular formula is C16H14BrN5O. The van der Waals surface area contributed by atoms with Gasteiger partial charge in [-0.05, 0) is 51.8 Å². The fourth-order valence-electron chi connectivity index (χ4n) is 2.01. The van der Waals surface area contributed by atoms with E-state index < -0.39 is 0 Å². The molecule has 0 atom stereocenters. The van der Waals surface area contributed by atoms with Crippen molar-refractivity contribution in [2.24, 2.45) is 0 Å². The zero-order chi connectivity index (χ0) is 16.1. The van der Waals surface area contributed by atoms with Gasteiger partial charge in [-0.3, -0.25) is 0 Å². The summed E-state index contributed by atoms with van der Waals surface area (Å²) >= 11 is 3.39. The summed E-state index contributed by atoms with van der Waals surface area (Å²) in [6.45, 7) is 0.396. The second kappa shape index (κ2) is 7.06. The molecule has 7 heteroatoms. The number of halogens is 1. The number of pyridine rings is 1. The van der Waals surface area contributed by atoms with Gasteiger partial charge in [0, 0.05) is 29.6 Å². The van der Waals surface area contributed by atoms with Crippen molar-refractivity contribution in [2.75, 3.05) is 5.32 Å². The molecule has 0 saturated carbocycles. The van der Waals surface area contributed by atoms with E-state index in [0.717, 1.165) is 15.7 Å². The number of aromatic nitrogens is 3. The molecule has 0 radical (unpaired) electrons. The van der Waals surface area contributed by atoms with Gasteiger partial charge in [0.05, 0.1) is 5.69 Å². The van der Waals surface area contributed by atoms with Crippen LogP contribution in [0, 0.1) is 0 Å². The highest BCUT2D eigenvalue weighted by molar-refractivity contribution is 9.10. The molecule has 0 saturated heterocycles. The van der Waals surface area contributed by atoms with E-state index in [-0.39, 0.29) is 6.03 Å². The second-order valence-corrected chi connectivity index (χ2v) is 5.61. The van der Waals surface area contributed by atoms with Crippen molar-refractivity contribution in [2.45, 2.75) is 6.54 Å². The second-order valence-electron chi connectivity index (χ2n) is 4.76. The third kappa shape index (κ3) is 3.95. The number of carbonyl (C=O) groups excluding carboxylic acids is 1. The molecule has 0 unspecified atom stereocenters. The molecule has 2 N–H and O–H groups in total. The average Bonchev–Trinajstić information content (AvgIpc) is 3.10. The number of urea groups is 1. The number of amides is 2. The summed E-state index contributed by atoms with van der Waals surface area (Å²) in [5.74, 6) is 0.709. The Bertz CT molecular complexity index is 804. The van der Waals surface area contributed by atoms with Crippen LogP contribution in [0.25, 0.3) is 5.82 Å². The lowest BCUT2D eigenvalue weighted by molar-refractivity contribution is 0.251. The lowest BCUT2D eigenvalue weighted by Gasteiger charge is -2.09. The van der Waals surface area contributed by atoms with Gasteiger partial charge in [-0.1, -0.05) is 12.1 Å². The van der Waals surface area contributed by atoms with Crippen LogP contribution in [0.15, 0.2) is 65.5 Å². The SMILES string of the molecule is O=C(NCc1ccnc(-n2cccn2)c1)Nc1ccccc1Br. The number of rotatable bonds is 4. The van der Waals surface area contributed by atoms with Crippen LogP contribution in [-0.2, 0) is 6.54 Å². The fourth-order valence-corrected chi connectivity index (χ4v) is 2.40. The zero-order valence-electron chi connectivity index (χ0n) is 12.1. The first-order valence-electron chi connectivity index (χ1n) is 6.97. The topological polar surface area (TPSA) is 71.8 Å². The first-order chi connectivity index (χ1) is 11.2. The number of hydrogen-bond acceptors (Lipinski definition) is 3. The third-order valence-corrected chi connectivity index (χ3v) is 3.82. The van der Waals surface area contributed by atoms with Crippen LogP contribution < -0.4 is 10.6 Å². The van der Waals surface area contributed by atoms with E-state index in [0.29, 0.717) is 12.4 Å². The van der Waals surface area contributed by atoms with E-state index in [9.17, 15) is 4.79 Å². The van der Waals surface area contributed by atoms with Crippen molar-refractivity contribution in [3.63, 3.8) is 0 Å². The lowest BCUT2D eigenvalue weighted by Crippen LogP contribution is -2.28. The predicted molar refractivity (Wildman–Crippen MR) is 91.4 cm³/mol. The van der Waals surface area contributed by atoms with Crippen molar-refractivity contribution in [3.05, 3.63) is 71.1 Å². The normalized spacial score (nSPS) is 10.3. The number of benzene rings is 1. The Morgan fingerprint density at radius 1 is 1.17 bits per heavy atom. The van der Waals surface area contributed by atoms with Crippen LogP contribution in [0.2, 0.25) is 0 Å². The summed E-state index contributed by atoms with van der Waals surface area (Å²) in [6, 6.07) is 12.7. The highest BCUT2D eigenvalue weighted by Gasteiger charge is 2.05. The molecular weight excluding hydrogens is 358 g/mol. The highest BCUT2D eigenvalue weighted by Crippen LogP contribution is 2.20. The minimum absolute atomic E-state index is 0.269. The summed E-state index contributed by atoms with van der Waals surface area (Å²) in [5, 5.41) is 9.75. The molecule has 0 aliphatic rings. The third-order valence-electron chi connectivity index (χ3n) is 3.12. The molecule has 1 aromatic carbocycles. The van der Waals surface area contributed by atoms with Crippen LogP contribution in [0.4, 0.5) is 10.5 Å². The van der Waals surface area contributed by atoms with Crippen molar-refractivity contribution < 1.29 is 4.79 Å². The quantitative estimate of drug-likeness (QED) is 0.738. The van der Waals surface area contributed by atoms with Crippen LogP contribution >= 0.6 is 15.9 Å². The molecule has 0 aliphatic heterocycles. The maximum absolute atomic E-state index is 12.0. The van der Waals surface area contributed by atoms with Crippen LogP contribution in [-0.4, -0.2) is 20.8 Å². The molecule has 0 aliphatic carbocycles. The molecule has 116 valence electrons. The largest absolute Gasteiger partial charge is 0.334 e. The van der Waals surface area contributed by atoms with E-state index in [1.54, 1.807) is 17.1 Å². The van der Waals surface area contributed by atoms with Gasteiger partial charge in [0.2, 0.25) is 0 Å². The Morgan fingerprint density at radius 2 is 2.04 bits per heavy atom. The molecule has 0 bridgehead atoms. The molecule has 2 amide bonds. The van der Waals surface area contributed by atoms with Gasteiger partial charge >= 0.3 is 6.03 Å². The highest BCUT2D eigenvalue weighted by atomic mass is 79.9. The average molecular weight is 372 g/mol. The molecule has 2 aromatic heterocycles. The maximum Gasteiger partial charge on any atom is 0.319 e. The summed E-state index contributed by atoms with van der Waals surface area (Å²) in [5.41, 5.74) is 1.66. The molecule has 0 spiro atoms. The van der Waals surface area contributed by atoms with Crippen molar-refractivity contribution in [1.29, 1.82) is 0 Å². The lowest BCUT2D eigenvalue weighted by atomic mass is 10.2. The first-order valence-corrected chi connectivity index (χ1v) is 7.76. The summed E-state index contributed by atoms with van der Waals surface area (Å²) in [7, 11) is 0. The minimum Gasteiger partial charge on any atom is -0.334 e. The van der Waals surface area contributed by atoms with E-state index >= 15 is 0 Å². The van der Waals surface area contributed by atoms with Gasteiger partial charge in [0.1, 0.15) is 0 Å². The van der Waals surface area contributed by atoms with Crippen molar-refractivity contribution in [3.8, 4) is 5.82 Å². The van der Waals surface area contributed by atoms with Crippen LogP contribution in [0.1, 0.15) is 5.56 Å². The Balaban J connectivity index is 1.61. The van der Waals surface area contributed by atoms with E-state index in [2.05, 4.69) is 36.6 Å². The summed E-state index contributed by atoms with van der Waals surface area (Å²) < 4.78 is 2.50. The number of nitrogens with one attached hydrogen (secondary N) is 2. The van der Waals surface area contributed by atoms with E-state index in [4.69, 9.17) is 0 Å². The summed E-state index contributed by atoms with van der Waals surface area (Å²) in [6.07, 6.45) is 5.21. The Morgan fingerprint density at radius 3 is 2.83 bits per heavy atom. The Hall–Kier alpha value is -2.67. The monoisotopic (exact) mass is 371 g/mol. The number of carbonyl (C=O) groups is 1. The smallest absolute Gasteiger partial charge is 0.319 e. The maximum atomic E-state index is 12.0. The molecule has 0 fully saturated rings. The minimum atomic E-state index is -0.269. The molecule has 3 rings (SSSR count). The Kier molecular flexibility index (Phi) is 4.68. The molecule has 6 nitrogen and oxygen atoms in total. The van der Waals surface area contributed by atoms with E-state index in [1.807, 2.05) is 48.7 Å². The van der Waals surface area contributed by atoms with Gasteiger partial charge in [-0.25, -0.2) is 14.5 Å². The molecule has 3 aromatic rings. The van der Waals surface area contributed by atoms with Gasteiger partial charge in [0.25, 0.3) is 0 Å². The fraction of sp³-hybridized carbons (Fsp3) is 0.0625. The van der Waals surface area contributed by atoms with Gasteiger partial charge in [0.15, 0.2) is 5.82 Å². The number of nitrogens with zero attached hydrogens (tertiary/aromatic N) is 3. The standard InChI is InChI=1S/C16H14BrN5O/c17-13-4-1-2-5-14(13)21-16(23)19-11-12-6-8-18-15(10-12)22-9-3-7-20-22/h1-10H,11H2,(H2,19,21,23). The Labute approximate surface area is 141 Å². The van der Waals surface area contributed by atoms with Gasteiger partial charge in [-0.2, -0.15) is 5.10 Å². The molecule has 2 heterocycles. The number of anilines is 1. The van der Waals surface area contributed by atoms with Crippen LogP contribution in [0.5, 0.6) is 0 Å². The van der Waals surface area contributed by atoms with Crippen LogP contribution in [0.3, 0.4) is 0 Å². The van der Waals surface area contributed by atoms with Crippen molar-refractivity contribution in [1.82, 2.24) is 20.1 Å². The number of hydrogen-bond donors (Lipinski definition) is 2. The van der Waals surface area contributed by atoms with E-state index in [1.165, 1.54) is 0 Å². The zero-order valence-corrected chi connectivity index (χ0v) is 13.7. The van der Waals surface area contributed by atoms with Gasteiger partial charge in [-0.15, -0.1) is 0 Å². The predicted octanol–water partition coefficient (Wildman–Crippen LogP) is 3.35. The summed E-state index contributed by atoms with van der Waals surface area (Å²) in [4.78, 5) is 16.2.